The van der Waals surface area contributed by atoms with Crippen LogP contribution in [-0.2, 0) is 11.2 Å². The number of aromatic nitrogens is 1. The number of hydrogen-bond acceptors (Lipinski definition) is 3. The number of carbonyl (C=O) groups excluding carboxylic acids is 1. The zero-order chi connectivity index (χ0) is 13.8. The van der Waals surface area contributed by atoms with Crippen molar-refractivity contribution in [1.82, 2.24) is 4.98 Å². The molecule has 1 amide bonds. The Kier molecular flexibility index (Phi) is 3.80. The first-order valence-electron chi connectivity index (χ1n) is 6.12. The standard InChI is InChI=1S/C15H17N3O/c1-10-3-6-14(11(2)7-10)18-15(19)8-13-5-4-12(16)9-17-13/h3-7,9H,8,16H2,1-2H3,(H,18,19). The van der Waals surface area contributed by atoms with Gasteiger partial charge in [0, 0.05) is 11.4 Å². The maximum atomic E-state index is 11.9. The van der Waals surface area contributed by atoms with Gasteiger partial charge in [-0.3, -0.25) is 9.78 Å². The van der Waals surface area contributed by atoms with Crippen LogP contribution in [0.4, 0.5) is 11.4 Å². The molecule has 0 aliphatic rings. The highest BCUT2D eigenvalue weighted by Gasteiger charge is 2.06. The highest BCUT2D eigenvalue weighted by atomic mass is 16.1. The maximum Gasteiger partial charge on any atom is 0.230 e. The lowest BCUT2D eigenvalue weighted by Crippen LogP contribution is -2.15. The lowest BCUT2D eigenvalue weighted by atomic mass is 10.1. The summed E-state index contributed by atoms with van der Waals surface area (Å²) in [4.78, 5) is 16.0. The predicted octanol–water partition coefficient (Wildman–Crippen LogP) is 2.46. The number of anilines is 2. The van der Waals surface area contributed by atoms with Crippen LogP contribution >= 0.6 is 0 Å². The van der Waals surface area contributed by atoms with Crippen molar-refractivity contribution in [2.24, 2.45) is 0 Å². The molecule has 1 heterocycles. The molecule has 1 aromatic heterocycles. The average molecular weight is 255 g/mol. The van der Waals surface area contributed by atoms with Gasteiger partial charge in [-0.1, -0.05) is 17.7 Å². The molecule has 0 unspecified atom stereocenters. The van der Waals surface area contributed by atoms with Gasteiger partial charge in [0.05, 0.1) is 18.3 Å². The Morgan fingerprint density at radius 1 is 1.26 bits per heavy atom. The number of carbonyl (C=O) groups is 1. The van der Waals surface area contributed by atoms with E-state index in [0.29, 0.717) is 11.4 Å². The van der Waals surface area contributed by atoms with Crippen LogP contribution in [0.5, 0.6) is 0 Å². The largest absolute Gasteiger partial charge is 0.397 e. The Morgan fingerprint density at radius 3 is 2.68 bits per heavy atom. The SMILES string of the molecule is Cc1ccc(NC(=O)Cc2ccc(N)cn2)c(C)c1. The molecule has 0 saturated heterocycles. The summed E-state index contributed by atoms with van der Waals surface area (Å²) in [7, 11) is 0. The number of nitrogen functional groups attached to an aromatic ring is 1. The van der Waals surface area contributed by atoms with Gasteiger partial charge in [0.2, 0.25) is 5.91 Å². The molecule has 4 nitrogen and oxygen atoms in total. The third kappa shape index (κ3) is 3.55. The average Bonchev–Trinajstić information content (AvgIpc) is 2.36. The van der Waals surface area contributed by atoms with E-state index in [9.17, 15) is 4.79 Å². The molecule has 0 aliphatic carbocycles. The molecule has 0 saturated carbocycles. The third-order valence-electron chi connectivity index (χ3n) is 2.85. The normalized spacial score (nSPS) is 10.2. The molecule has 0 fully saturated rings. The van der Waals surface area contributed by atoms with Gasteiger partial charge in [-0.15, -0.1) is 0 Å². The van der Waals surface area contributed by atoms with Crippen LogP contribution in [0.1, 0.15) is 16.8 Å². The summed E-state index contributed by atoms with van der Waals surface area (Å²) in [5, 5.41) is 2.89. The number of nitrogens with two attached hydrogens (primary N) is 1. The fraction of sp³-hybridized carbons (Fsp3) is 0.200. The van der Waals surface area contributed by atoms with Crippen molar-refractivity contribution in [1.29, 1.82) is 0 Å². The van der Waals surface area contributed by atoms with E-state index >= 15 is 0 Å². The smallest absolute Gasteiger partial charge is 0.230 e. The molecule has 0 spiro atoms. The highest BCUT2D eigenvalue weighted by molar-refractivity contribution is 5.92. The van der Waals surface area contributed by atoms with E-state index in [1.807, 2.05) is 32.0 Å². The summed E-state index contributed by atoms with van der Waals surface area (Å²) in [6.45, 7) is 4.00. The van der Waals surface area contributed by atoms with Crippen molar-refractivity contribution in [3.05, 3.63) is 53.3 Å². The second-order valence-electron chi connectivity index (χ2n) is 4.63. The van der Waals surface area contributed by atoms with E-state index in [1.165, 1.54) is 5.56 Å². The summed E-state index contributed by atoms with van der Waals surface area (Å²) in [6, 6.07) is 9.43. The van der Waals surface area contributed by atoms with Gasteiger partial charge in [0.1, 0.15) is 0 Å². The fourth-order valence-corrected chi connectivity index (χ4v) is 1.85. The fourth-order valence-electron chi connectivity index (χ4n) is 1.85. The van der Waals surface area contributed by atoms with Crippen molar-refractivity contribution in [2.75, 3.05) is 11.1 Å². The van der Waals surface area contributed by atoms with Gasteiger partial charge in [-0.2, -0.15) is 0 Å². The van der Waals surface area contributed by atoms with Crippen LogP contribution in [0.25, 0.3) is 0 Å². The van der Waals surface area contributed by atoms with Crippen LogP contribution in [0.2, 0.25) is 0 Å². The van der Waals surface area contributed by atoms with Gasteiger partial charge < -0.3 is 11.1 Å². The van der Waals surface area contributed by atoms with Crippen LogP contribution in [0.15, 0.2) is 36.5 Å². The van der Waals surface area contributed by atoms with Crippen LogP contribution in [0, 0.1) is 13.8 Å². The van der Waals surface area contributed by atoms with Crippen LogP contribution < -0.4 is 11.1 Å². The molecule has 2 rings (SSSR count). The Hall–Kier alpha value is -2.36. The van der Waals surface area contributed by atoms with E-state index in [0.717, 1.165) is 11.3 Å². The number of nitrogens with one attached hydrogen (secondary N) is 1. The molecule has 0 radical (unpaired) electrons. The maximum absolute atomic E-state index is 11.9. The molecular weight excluding hydrogens is 238 g/mol. The van der Waals surface area contributed by atoms with Crippen molar-refractivity contribution < 1.29 is 4.79 Å². The Labute approximate surface area is 112 Å². The number of nitrogens with zero attached hydrogens (tertiary/aromatic N) is 1. The molecule has 3 N–H and O–H groups in total. The summed E-state index contributed by atoms with van der Waals surface area (Å²) >= 11 is 0. The van der Waals surface area contributed by atoms with E-state index in [1.54, 1.807) is 18.3 Å². The number of rotatable bonds is 3. The Balaban J connectivity index is 2.03. The number of amides is 1. The monoisotopic (exact) mass is 255 g/mol. The van der Waals surface area contributed by atoms with Crippen molar-refractivity contribution >= 4 is 17.3 Å². The Bertz CT molecular complexity index is 591. The topological polar surface area (TPSA) is 68.0 Å². The van der Waals surface area contributed by atoms with Crippen LogP contribution in [0.3, 0.4) is 0 Å². The molecule has 4 heteroatoms. The number of pyridine rings is 1. The first-order chi connectivity index (χ1) is 9.04. The molecule has 1 aromatic carbocycles. The van der Waals surface area contributed by atoms with Crippen LogP contribution in [-0.4, -0.2) is 10.9 Å². The van der Waals surface area contributed by atoms with Gasteiger partial charge in [0.25, 0.3) is 0 Å². The van der Waals surface area contributed by atoms with Crippen molar-refractivity contribution in [2.45, 2.75) is 20.3 Å². The summed E-state index contributed by atoms with van der Waals surface area (Å²) < 4.78 is 0. The zero-order valence-electron chi connectivity index (χ0n) is 11.1. The van der Waals surface area contributed by atoms with Crippen molar-refractivity contribution in [3.8, 4) is 0 Å². The predicted molar refractivity (Wildman–Crippen MR) is 76.9 cm³/mol. The zero-order valence-corrected chi connectivity index (χ0v) is 11.1. The van der Waals surface area contributed by atoms with Gasteiger partial charge in [0.15, 0.2) is 0 Å². The van der Waals surface area contributed by atoms with E-state index in [4.69, 9.17) is 5.73 Å². The number of hydrogen-bond donors (Lipinski definition) is 2. The molecule has 0 atom stereocenters. The summed E-state index contributed by atoms with van der Waals surface area (Å²) in [5.41, 5.74) is 9.92. The lowest BCUT2D eigenvalue weighted by molar-refractivity contribution is -0.115. The van der Waals surface area contributed by atoms with Gasteiger partial charge in [-0.25, -0.2) is 0 Å². The third-order valence-corrected chi connectivity index (χ3v) is 2.85. The van der Waals surface area contributed by atoms with Crippen molar-refractivity contribution in [3.63, 3.8) is 0 Å². The summed E-state index contributed by atoms with van der Waals surface area (Å²) in [5.74, 6) is -0.0794. The number of aryl methyl sites for hydroxylation is 2. The lowest BCUT2D eigenvalue weighted by Gasteiger charge is -2.09. The minimum absolute atomic E-state index is 0.0794. The van der Waals surface area contributed by atoms with Gasteiger partial charge in [-0.05, 0) is 37.6 Å². The molecular formula is C15H17N3O. The number of benzene rings is 1. The minimum Gasteiger partial charge on any atom is -0.397 e. The molecule has 0 bridgehead atoms. The second kappa shape index (κ2) is 5.52. The molecule has 0 aliphatic heterocycles. The quantitative estimate of drug-likeness (QED) is 0.885. The van der Waals surface area contributed by atoms with Gasteiger partial charge >= 0.3 is 0 Å². The van der Waals surface area contributed by atoms with E-state index < -0.39 is 0 Å². The van der Waals surface area contributed by atoms with E-state index in [2.05, 4.69) is 10.3 Å². The second-order valence-corrected chi connectivity index (χ2v) is 4.63. The highest BCUT2D eigenvalue weighted by Crippen LogP contribution is 2.16. The van der Waals surface area contributed by atoms with E-state index in [-0.39, 0.29) is 12.3 Å². The molecule has 98 valence electrons. The molecule has 2 aromatic rings. The first-order valence-corrected chi connectivity index (χ1v) is 6.12. The molecule has 19 heavy (non-hydrogen) atoms. The minimum atomic E-state index is -0.0794. The first kappa shape index (κ1) is 13.1. The Morgan fingerprint density at radius 2 is 2.05 bits per heavy atom. The summed E-state index contributed by atoms with van der Waals surface area (Å²) in [6.07, 6.45) is 1.80.